The van der Waals surface area contributed by atoms with E-state index in [0.717, 1.165) is 5.56 Å². The first-order valence-corrected chi connectivity index (χ1v) is 6.10. The summed E-state index contributed by atoms with van der Waals surface area (Å²) >= 11 is 0. The van der Waals surface area contributed by atoms with Crippen LogP contribution in [0.15, 0.2) is 18.2 Å². The average molecular weight is 289 g/mol. The maximum absolute atomic E-state index is 11.9. The second kappa shape index (κ2) is 5.80. The van der Waals surface area contributed by atoms with E-state index in [-0.39, 0.29) is 5.91 Å². The number of amides is 1. The molecule has 0 saturated carbocycles. The lowest BCUT2D eigenvalue weighted by Gasteiger charge is -2.19. The number of hydrogen-bond donors (Lipinski definition) is 2. The summed E-state index contributed by atoms with van der Waals surface area (Å²) in [5.41, 5.74) is 2.01. The standard InChI is InChI=1S/C13H14F3NO3/c14-13(15,16)7-20-6-11(18)9-1-3-10-8(5-9)2-4-12(19)17-10/h1,3,5,11,18H,2,4,6-7H2,(H,17,19). The molecule has 0 aromatic heterocycles. The molecule has 0 fully saturated rings. The van der Waals surface area contributed by atoms with E-state index in [4.69, 9.17) is 0 Å². The lowest BCUT2D eigenvalue weighted by Crippen LogP contribution is -2.21. The second-order valence-electron chi connectivity index (χ2n) is 4.61. The number of ether oxygens (including phenoxy) is 1. The van der Waals surface area contributed by atoms with Crippen LogP contribution in [0.25, 0.3) is 0 Å². The van der Waals surface area contributed by atoms with Crippen LogP contribution in [0, 0.1) is 0 Å². The largest absolute Gasteiger partial charge is 0.411 e. The molecule has 1 heterocycles. The van der Waals surface area contributed by atoms with Gasteiger partial charge < -0.3 is 15.2 Å². The number of carbonyl (C=O) groups excluding carboxylic acids is 1. The Kier molecular flexibility index (Phi) is 4.29. The van der Waals surface area contributed by atoms with Crippen LogP contribution in [0.4, 0.5) is 18.9 Å². The summed E-state index contributed by atoms with van der Waals surface area (Å²) < 4.78 is 40.2. The monoisotopic (exact) mass is 289 g/mol. The van der Waals surface area contributed by atoms with Crippen LogP contribution in [0.2, 0.25) is 0 Å². The second-order valence-corrected chi connectivity index (χ2v) is 4.61. The molecule has 4 nitrogen and oxygen atoms in total. The van der Waals surface area contributed by atoms with Crippen molar-refractivity contribution in [3.8, 4) is 0 Å². The molecule has 1 aromatic rings. The van der Waals surface area contributed by atoms with Gasteiger partial charge in [0.25, 0.3) is 0 Å². The zero-order valence-electron chi connectivity index (χ0n) is 10.5. The van der Waals surface area contributed by atoms with Crippen molar-refractivity contribution >= 4 is 11.6 Å². The molecule has 0 bridgehead atoms. The maximum atomic E-state index is 11.9. The van der Waals surface area contributed by atoms with Crippen LogP contribution in [0.1, 0.15) is 23.7 Å². The smallest absolute Gasteiger partial charge is 0.386 e. The average Bonchev–Trinajstić information content (AvgIpc) is 2.36. The number of carbonyl (C=O) groups is 1. The van der Waals surface area contributed by atoms with E-state index >= 15 is 0 Å². The van der Waals surface area contributed by atoms with Gasteiger partial charge in [0.2, 0.25) is 5.91 Å². The predicted octanol–water partition coefficient (Wildman–Crippen LogP) is 2.18. The molecule has 7 heteroatoms. The topological polar surface area (TPSA) is 58.6 Å². The fourth-order valence-corrected chi connectivity index (χ4v) is 1.99. The van der Waals surface area contributed by atoms with E-state index in [1.165, 1.54) is 0 Å². The van der Waals surface area contributed by atoms with E-state index in [9.17, 15) is 23.1 Å². The molecule has 20 heavy (non-hydrogen) atoms. The van der Waals surface area contributed by atoms with E-state index in [1.54, 1.807) is 18.2 Å². The summed E-state index contributed by atoms with van der Waals surface area (Å²) in [5.74, 6) is -0.0701. The Morgan fingerprint density at radius 2 is 2.10 bits per heavy atom. The molecule has 2 N–H and O–H groups in total. The van der Waals surface area contributed by atoms with Gasteiger partial charge in [0.1, 0.15) is 12.7 Å². The van der Waals surface area contributed by atoms with Crippen molar-refractivity contribution in [2.75, 3.05) is 18.5 Å². The number of nitrogens with one attached hydrogen (secondary N) is 1. The van der Waals surface area contributed by atoms with Gasteiger partial charge in [-0.05, 0) is 23.6 Å². The molecule has 1 aromatic carbocycles. The normalized spacial score (nSPS) is 16.5. The number of hydrogen-bond acceptors (Lipinski definition) is 3. The summed E-state index contributed by atoms with van der Waals surface area (Å²) in [7, 11) is 0. The first-order valence-electron chi connectivity index (χ1n) is 6.10. The minimum absolute atomic E-state index is 0.0701. The Morgan fingerprint density at radius 3 is 2.80 bits per heavy atom. The fourth-order valence-electron chi connectivity index (χ4n) is 1.99. The van der Waals surface area contributed by atoms with Gasteiger partial charge in [0.15, 0.2) is 0 Å². The highest BCUT2D eigenvalue weighted by Gasteiger charge is 2.28. The summed E-state index contributed by atoms with van der Waals surface area (Å²) in [6, 6.07) is 4.87. The molecular formula is C13H14F3NO3. The van der Waals surface area contributed by atoms with Crippen molar-refractivity contribution in [2.24, 2.45) is 0 Å². The Balaban J connectivity index is 1.97. The number of aliphatic hydroxyl groups is 1. The quantitative estimate of drug-likeness (QED) is 0.893. The summed E-state index contributed by atoms with van der Waals surface area (Å²) in [4.78, 5) is 11.2. The predicted molar refractivity (Wildman–Crippen MR) is 65.2 cm³/mol. The van der Waals surface area contributed by atoms with Gasteiger partial charge in [-0.25, -0.2) is 0 Å². The Hall–Kier alpha value is -1.60. The number of halogens is 3. The minimum Gasteiger partial charge on any atom is -0.386 e. The van der Waals surface area contributed by atoms with Crippen LogP contribution < -0.4 is 5.32 Å². The zero-order chi connectivity index (χ0) is 14.8. The number of fused-ring (bicyclic) bond motifs is 1. The van der Waals surface area contributed by atoms with Crippen LogP contribution >= 0.6 is 0 Å². The highest BCUT2D eigenvalue weighted by molar-refractivity contribution is 5.93. The lowest BCUT2D eigenvalue weighted by molar-refractivity contribution is -0.179. The van der Waals surface area contributed by atoms with E-state index < -0.39 is 25.5 Å². The van der Waals surface area contributed by atoms with Gasteiger partial charge in [-0.2, -0.15) is 13.2 Å². The van der Waals surface area contributed by atoms with E-state index in [1.807, 2.05) is 0 Å². The molecule has 0 spiro atoms. The molecule has 0 saturated heterocycles. The number of benzene rings is 1. The number of aryl methyl sites for hydroxylation is 1. The molecule has 1 amide bonds. The third-order valence-electron chi connectivity index (χ3n) is 2.95. The van der Waals surface area contributed by atoms with Crippen LogP contribution in [0.3, 0.4) is 0 Å². The SMILES string of the molecule is O=C1CCc2cc(C(O)COCC(F)(F)F)ccc2N1. The number of alkyl halides is 3. The van der Waals surface area contributed by atoms with Crippen LogP contribution in [-0.2, 0) is 16.0 Å². The molecule has 1 aliphatic rings. The highest BCUT2D eigenvalue weighted by Crippen LogP contribution is 2.26. The molecule has 0 aliphatic carbocycles. The lowest BCUT2D eigenvalue weighted by atomic mass is 9.98. The van der Waals surface area contributed by atoms with E-state index in [0.29, 0.717) is 24.1 Å². The van der Waals surface area contributed by atoms with Gasteiger partial charge in [-0.3, -0.25) is 4.79 Å². The van der Waals surface area contributed by atoms with Crippen LogP contribution in [-0.4, -0.2) is 30.4 Å². The highest BCUT2D eigenvalue weighted by atomic mass is 19.4. The first-order chi connectivity index (χ1) is 9.35. The van der Waals surface area contributed by atoms with Crippen LogP contribution in [0.5, 0.6) is 0 Å². The molecule has 110 valence electrons. The number of rotatable bonds is 4. The molecule has 1 aliphatic heterocycles. The van der Waals surface area contributed by atoms with E-state index in [2.05, 4.69) is 10.1 Å². The van der Waals surface area contributed by atoms with Crippen molar-refractivity contribution in [3.05, 3.63) is 29.3 Å². The van der Waals surface area contributed by atoms with Crippen molar-refractivity contribution in [1.29, 1.82) is 0 Å². The van der Waals surface area contributed by atoms with Crippen molar-refractivity contribution < 1.29 is 27.8 Å². The van der Waals surface area contributed by atoms with Crippen molar-refractivity contribution in [1.82, 2.24) is 0 Å². The molecule has 1 unspecified atom stereocenters. The molecule has 0 radical (unpaired) electrons. The summed E-state index contributed by atoms with van der Waals surface area (Å²) in [6.07, 6.45) is -4.62. The third-order valence-corrected chi connectivity index (χ3v) is 2.95. The molecular weight excluding hydrogens is 275 g/mol. The fraction of sp³-hybridized carbons (Fsp3) is 0.462. The van der Waals surface area contributed by atoms with Gasteiger partial charge in [-0.15, -0.1) is 0 Å². The Bertz CT molecular complexity index is 502. The van der Waals surface area contributed by atoms with Crippen molar-refractivity contribution in [3.63, 3.8) is 0 Å². The third kappa shape index (κ3) is 3.94. The maximum Gasteiger partial charge on any atom is 0.411 e. The first kappa shape index (κ1) is 14.8. The Morgan fingerprint density at radius 1 is 1.35 bits per heavy atom. The molecule has 1 atom stereocenters. The molecule has 2 rings (SSSR count). The zero-order valence-corrected chi connectivity index (χ0v) is 10.5. The number of anilines is 1. The minimum atomic E-state index is -4.40. The van der Waals surface area contributed by atoms with Crippen molar-refractivity contribution in [2.45, 2.75) is 25.1 Å². The summed E-state index contributed by atoms with van der Waals surface area (Å²) in [5, 5.41) is 12.5. The Labute approximate surface area is 113 Å². The van der Waals surface area contributed by atoms with Gasteiger partial charge in [0.05, 0.1) is 6.61 Å². The van der Waals surface area contributed by atoms with Gasteiger partial charge in [0, 0.05) is 12.1 Å². The van der Waals surface area contributed by atoms with Gasteiger partial charge in [-0.1, -0.05) is 12.1 Å². The van der Waals surface area contributed by atoms with Gasteiger partial charge >= 0.3 is 6.18 Å². The number of aliphatic hydroxyl groups excluding tert-OH is 1. The summed E-state index contributed by atoms with van der Waals surface area (Å²) in [6.45, 7) is -1.81.